The van der Waals surface area contributed by atoms with Gasteiger partial charge in [-0.3, -0.25) is 4.79 Å². The van der Waals surface area contributed by atoms with E-state index in [1.165, 1.54) is 4.88 Å². The first-order valence-corrected chi connectivity index (χ1v) is 7.58. The van der Waals surface area contributed by atoms with Gasteiger partial charge in [0.15, 0.2) is 0 Å². The zero-order valence-electron chi connectivity index (χ0n) is 11.8. The number of aryl methyl sites for hydroxylation is 4. The lowest BCUT2D eigenvalue weighted by Gasteiger charge is -2.22. The second-order valence-corrected chi connectivity index (χ2v) is 6.45. The van der Waals surface area contributed by atoms with Crippen molar-refractivity contribution in [3.8, 4) is 0 Å². The average Bonchev–Trinajstić information content (AvgIpc) is 2.92. The summed E-state index contributed by atoms with van der Waals surface area (Å²) in [7, 11) is 0. The molecule has 0 saturated heterocycles. The molecule has 0 radical (unpaired) electrons. The molecule has 2 aromatic heterocycles. The maximum absolute atomic E-state index is 12.4. The second kappa shape index (κ2) is 5.01. The summed E-state index contributed by atoms with van der Waals surface area (Å²) in [5.74, 6) is 0.440. The third-order valence-corrected chi connectivity index (χ3v) is 4.67. The van der Waals surface area contributed by atoms with E-state index >= 15 is 0 Å². The van der Waals surface area contributed by atoms with Gasteiger partial charge in [0.1, 0.15) is 11.3 Å². The van der Waals surface area contributed by atoms with Crippen LogP contribution in [0.25, 0.3) is 0 Å². The molecule has 2 heterocycles. The smallest absolute Gasteiger partial charge is 0.257 e. The number of rotatable bonds is 2. The normalized spacial score (nSPS) is 17.9. The van der Waals surface area contributed by atoms with E-state index in [4.69, 9.17) is 4.52 Å². The van der Waals surface area contributed by atoms with Gasteiger partial charge >= 0.3 is 0 Å². The van der Waals surface area contributed by atoms with Gasteiger partial charge in [-0.15, -0.1) is 11.3 Å². The Kier molecular flexibility index (Phi) is 3.33. The van der Waals surface area contributed by atoms with Crippen molar-refractivity contribution in [2.75, 3.05) is 0 Å². The number of carbonyl (C=O) groups is 1. The van der Waals surface area contributed by atoms with Crippen LogP contribution in [0.3, 0.4) is 0 Å². The molecule has 1 amide bonds. The molecule has 3 rings (SSSR count). The van der Waals surface area contributed by atoms with Crippen molar-refractivity contribution >= 4 is 17.2 Å². The Morgan fingerprint density at radius 3 is 2.90 bits per heavy atom. The van der Waals surface area contributed by atoms with Gasteiger partial charge in [-0.25, -0.2) is 4.98 Å². The van der Waals surface area contributed by atoms with E-state index in [1.54, 1.807) is 25.2 Å². The predicted molar refractivity (Wildman–Crippen MR) is 76.0 cm³/mol. The maximum Gasteiger partial charge on any atom is 0.257 e. The van der Waals surface area contributed by atoms with Gasteiger partial charge in [-0.1, -0.05) is 5.16 Å². The number of nitrogens with one attached hydrogen (secondary N) is 1. The lowest BCUT2D eigenvalue weighted by Crippen LogP contribution is -2.31. The van der Waals surface area contributed by atoms with Crippen molar-refractivity contribution < 1.29 is 9.32 Å². The zero-order valence-corrected chi connectivity index (χ0v) is 12.6. The number of fused-ring (bicyclic) bond motifs is 1. The average molecular weight is 291 g/mol. The summed E-state index contributed by atoms with van der Waals surface area (Å²) in [6.07, 6.45) is 3.09. The third-order valence-electron chi connectivity index (χ3n) is 3.63. The Bertz CT molecular complexity index is 640. The number of hydrogen-bond acceptors (Lipinski definition) is 5. The van der Waals surface area contributed by atoms with Crippen LogP contribution in [0, 0.1) is 20.8 Å². The van der Waals surface area contributed by atoms with Crippen molar-refractivity contribution in [2.24, 2.45) is 0 Å². The van der Waals surface area contributed by atoms with Crippen molar-refractivity contribution in [1.82, 2.24) is 15.5 Å². The van der Waals surface area contributed by atoms with Crippen LogP contribution in [0.4, 0.5) is 0 Å². The van der Waals surface area contributed by atoms with Crippen molar-refractivity contribution in [3.05, 3.63) is 32.6 Å². The minimum Gasteiger partial charge on any atom is -0.361 e. The Hall–Kier alpha value is -1.69. The highest BCUT2D eigenvalue weighted by Crippen LogP contribution is 2.33. The lowest BCUT2D eigenvalue weighted by molar-refractivity contribution is 0.0930. The molecule has 2 aromatic rings. The molecule has 6 heteroatoms. The Morgan fingerprint density at radius 2 is 2.20 bits per heavy atom. The Labute approximate surface area is 121 Å². The van der Waals surface area contributed by atoms with E-state index in [1.807, 2.05) is 6.92 Å². The standard InChI is InChI=1S/C14H17N3O2S/c1-7-12(8(2)19-17-7)14(18)16-10-5-4-6-11-13(10)15-9(3)20-11/h10H,4-6H2,1-3H3,(H,16,18)/t10-/m1/s1. The van der Waals surface area contributed by atoms with Gasteiger partial charge in [0.25, 0.3) is 5.91 Å². The molecule has 1 atom stereocenters. The van der Waals surface area contributed by atoms with Crippen molar-refractivity contribution in [3.63, 3.8) is 0 Å². The van der Waals surface area contributed by atoms with Crippen LogP contribution in [0.15, 0.2) is 4.52 Å². The van der Waals surface area contributed by atoms with E-state index in [0.717, 1.165) is 30.0 Å². The minimum atomic E-state index is -0.121. The fourth-order valence-electron chi connectivity index (χ4n) is 2.72. The molecule has 1 N–H and O–H groups in total. The van der Waals surface area contributed by atoms with Crippen LogP contribution < -0.4 is 5.32 Å². The van der Waals surface area contributed by atoms with E-state index in [0.29, 0.717) is 17.0 Å². The second-order valence-electron chi connectivity index (χ2n) is 5.16. The summed E-state index contributed by atoms with van der Waals surface area (Å²) in [6.45, 7) is 5.55. The minimum absolute atomic E-state index is 0.00454. The maximum atomic E-state index is 12.4. The summed E-state index contributed by atoms with van der Waals surface area (Å²) in [4.78, 5) is 18.3. The van der Waals surface area contributed by atoms with Crippen LogP contribution in [0.5, 0.6) is 0 Å². The van der Waals surface area contributed by atoms with Crippen LogP contribution in [0.2, 0.25) is 0 Å². The molecular formula is C14H17N3O2S. The number of nitrogens with zero attached hydrogens (tertiary/aromatic N) is 2. The van der Waals surface area contributed by atoms with Crippen LogP contribution in [0.1, 0.15) is 56.3 Å². The van der Waals surface area contributed by atoms with Crippen LogP contribution in [-0.2, 0) is 6.42 Å². The highest BCUT2D eigenvalue weighted by molar-refractivity contribution is 7.11. The summed E-state index contributed by atoms with van der Waals surface area (Å²) >= 11 is 1.73. The zero-order chi connectivity index (χ0) is 14.3. The predicted octanol–water partition coefficient (Wildman–Crippen LogP) is 2.86. The fraction of sp³-hybridized carbons (Fsp3) is 0.500. The summed E-state index contributed by atoms with van der Waals surface area (Å²) in [5, 5.41) is 7.97. The van der Waals surface area contributed by atoms with Gasteiger partial charge in [-0.05, 0) is 40.0 Å². The van der Waals surface area contributed by atoms with Gasteiger partial charge in [0.05, 0.1) is 22.4 Å². The summed E-state index contributed by atoms with van der Waals surface area (Å²) in [6, 6.07) is 0.00454. The molecule has 106 valence electrons. The van der Waals surface area contributed by atoms with Crippen molar-refractivity contribution in [1.29, 1.82) is 0 Å². The molecule has 0 aromatic carbocycles. The number of thiazole rings is 1. The molecule has 20 heavy (non-hydrogen) atoms. The quantitative estimate of drug-likeness (QED) is 0.923. The summed E-state index contributed by atoms with van der Waals surface area (Å²) in [5.41, 5.74) is 2.22. The van der Waals surface area contributed by atoms with Gasteiger partial charge in [0, 0.05) is 4.88 Å². The fourth-order valence-corrected chi connectivity index (χ4v) is 3.76. The monoisotopic (exact) mass is 291 g/mol. The first-order valence-electron chi connectivity index (χ1n) is 6.76. The number of aromatic nitrogens is 2. The van der Waals surface area contributed by atoms with Crippen LogP contribution in [-0.4, -0.2) is 16.0 Å². The van der Waals surface area contributed by atoms with Gasteiger partial charge < -0.3 is 9.84 Å². The Morgan fingerprint density at radius 1 is 1.40 bits per heavy atom. The van der Waals surface area contributed by atoms with Crippen LogP contribution >= 0.6 is 11.3 Å². The molecule has 0 saturated carbocycles. The number of carbonyl (C=O) groups excluding carboxylic acids is 1. The topological polar surface area (TPSA) is 68.0 Å². The largest absolute Gasteiger partial charge is 0.361 e. The van der Waals surface area contributed by atoms with Gasteiger partial charge in [0.2, 0.25) is 0 Å². The molecular weight excluding hydrogens is 274 g/mol. The molecule has 1 aliphatic rings. The lowest BCUT2D eigenvalue weighted by atomic mass is 9.97. The highest BCUT2D eigenvalue weighted by Gasteiger charge is 2.27. The molecule has 0 unspecified atom stereocenters. The molecule has 0 bridgehead atoms. The molecule has 0 fully saturated rings. The number of amides is 1. The first-order chi connectivity index (χ1) is 9.56. The van der Waals surface area contributed by atoms with E-state index in [2.05, 4.69) is 15.5 Å². The molecule has 0 spiro atoms. The third kappa shape index (κ3) is 2.24. The SMILES string of the molecule is Cc1nc2c(s1)CCC[C@H]2NC(=O)c1c(C)noc1C. The van der Waals surface area contributed by atoms with Gasteiger partial charge in [-0.2, -0.15) is 0 Å². The number of hydrogen-bond donors (Lipinski definition) is 1. The van der Waals surface area contributed by atoms with E-state index in [-0.39, 0.29) is 11.9 Å². The van der Waals surface area contributed by atoms with E-state index < -0.39 is 0 Å². The Balaban J connectivity index is 1.84. The molecule has 0 aliphatic heterocycles. The highest BCUT2D eigenvalue weighted by atomic mass is 32.1. The molecule has 1 aliphatic carbocycles. The molecule has 5 nitrogen and oxygen atoms in total. The van der Waals surface area contributed by atoms with Crippen molar-refractivity contribution in [2.45, 2.75) is 46.1 Å². The van der Waals surface area contributed by atoms with E-state index in [9.17, 15) is 4.79 Å². The first kappa shape index (κ1) is 13.3. The summed E-state index contributed by atoms with van der Waals surface area (Å²) < 4.78 is 5.05.